The van der Waals surface area contributed by atoms with Crippen LogP contribution in [0.1, 0.15) is 0 Å². The molecule has 0 aliphatic rings. The fourth-order valence-electron chi connectivity index (χ4n) is 3.10. The molecule has 5 aromatic carbocycles. The Morgan fingerprint density at radius 2 is 0.794 bits per heavy atom. The average molecular weight is 515 g/mol. The molecule has 5 rings (SSSR count). The molecule has 0 saturated carbocycles. The minimum absolute atomic E-state index is 0.975. The molecule has 0 N–H and O–H groups in total. The summed E-state index contributed by atoms with van der Waals surface area (Å²) in [6.07, 6.45) is 0. The Hall–Kier alpha value is -2.50. The van der Waals surface area contributed by atoms with Crippen molar-refractivity contribution in [1.82, 2.24) is 0 Å². The highest BCUT2D eigenvalue weighted by Crippen LogP contribution is 2.25. The van der Waals surface area contributed by atoms with E-state index >= 15 is 0 Å². The molecule has 0 spiro atoms. The number of thiol groups is 4. The van der Waals surface area contributed by atoms with E-state index < -0.39 is 0 Å². The van der Waals surface area contributed by atoms with E-state index in [1.54, 1.807) is 0 Å². The standard InChI is InChI=1S/2C12H10S.C6H6S2/c13-12-9-5-4-8-11(12)10-6-2-1-3-7-10;13-12-8-4-7-11(9-12)10-5-2-1-3-6-10;7-5-1-2-6(8)4-3-5/h2*1-9,13H;1-4,7-8H. The van der Waals surface area contributed by atoms with Gasteiger partial charge in [0.15, 0.2) is 0 Å². The van der Waals surface area contributed by atoms with Gasteiger partial charge in [-0.15, -0.1) is 50.5 Å². The van der Waals surface area contributed by atoms with Crippen molar-refractivity contribution < 1.29 is 0 Å². The normalized spacial score (nSPS) is 9.76. The molecule has 0 amide bonds. The van der Waals surface area contributed by atoms with Gasteiger partial charge in [0, 0.05) is 19.6 Å². The Balaban J connectivity index is 0.000000148. The van der Waals surface area contributed by atoms with Crippen molar-refractivity contribution >= 4 is 50.5 Å². The highest BCUT2D eigenvalue weighted by Gasteiger charge is 1.98. The first-order chi connectivity index (χ1) is 16.5. The van der Waals surface area contributed by atoms with Gasteiger partial charge in [0.25, 0.3) is 0 Å². The van der Waals surface area contributed by atoms with Crippen LogP contribution in [-0.4, -0.2) is 0 Å². The summed E-state index contributed by atoms with van der Waals surface area (Å²) < 4.78 is 0. The van der Waals surface area contributed by atoms with E-state index in [-0.39, 0.29) is 0 Å². The summed E-state index contributed by atoms with van der Waals surface area (Å²) in [6.45, 7) is 0. The molecule has 5 aromatic rings. The third-order valence-corrected chi connectivity index (χ3v) is 6.06. The van der Waals surface area contributed by atoms with Crippen molar-refractivity contribution in [2.24, 2.45) is 0 Å². The van der Waals surface area contributed by atoms with Gasteiger partial charge < -0.3 is 0 Å². The number of rotatable bonds is 2. The second kappa shape index (κ2) is 14.0. The smallest absolute Gasteiger partial charge is 0.0119 e. The lowest BCUT2D eigenvalue weighted by Crippen LogP contribution is -1.77. The number of hydrogen-bond donors (Lipinski definition) is 4. The second-order valence-electron chi connectivity index (χ2n) is 7.32. The maximum absolute atomic E-state index is 4.41. The topological polar surface area (TPSA) is 0 Å². The van der Waals surface area contributed by atoms with E-state index in [0.717, 1.165) is 19.6 Å². The van der Waals surface area contributed by atoms with Crippen molar-refractivity contribution in [3.63, 3.8) is 0 Å². The molecule has 0 bridgehead atoms. The van der Waals surface area contributed by atoms with Gasteiger partial charge in [0.05, 0.1) is 0 Å². The van der Waals surface area contributed by atoms with Crippen molar-refractivity contribution in [2.45, 2.75) is 19.6 Å². The zero-order chi connectivity index (χ0) is 24.2. The Bertz CT molecular complexity index is 1250. The van der Waals surface area contributed by atoms with E-state index in [1.165, 1.54) is 22.3 Å². The Labute approximate surface area is 224 Å². The summed E-state index contributed by atoms with van der Waals surface area (Å²) in [7, 11) is 0. The highest BCUT2D eigenvalue weighted by molar-refractivity contribution is 7.81. The molecular formula is C30H26S4. The minimum Gasteiger partial charge on any atom is -0.143 e. The van der Waals surface area contributed by atoms with Crippen LogP contribution < -0.4 is 0 Å². The lowest BCUT2D eigenvalue weighted by atomic mass is 10.1. The van der Waals surface area contributed by atoms with Crippen LogP contribution in [0.25, 0.3) is 22.3 Å². The molecule has 0 nitrogen and oxygen atoms in total. The molecule has 0 aliphatic heterocycles. The molecule has 170 valence electrons. The Morgan fingerprint density at radius 3 is 1.32 bits per heavy atom. The molecule has 0 aromatic heterocycles. The summed E-state index contributed by atoms with van der Waals surface area (Å²) in [5.74, 6) is 0. The van der Waals surface area contributed by atoms with Crippen LogP contribution in [0.2, 0.25) is 0 Å². The van der Waals surface area contributed by atoms with Gasteiger partial charge in [-0.3, -0.25) is 0 Å². The lowest BCUT2D eigenvalue weighted by Gasteiger charge is -2.03. The molecule has 0 radical (unpaired) electrons. The Morgan fingerprint density at radius 1 is 0.324 bits per heavy atom. The fraction of sp³-hybridized carbons (Fsp3) is 0. The molecule has 0 unspecified atom stereocenters. The van der Waals surface area contributed by atoms with E-state index in [1.807, 2.05) is 91.0 Å². The molecule has 0 saturated heterocycles. The Kier molecular flexibility index (Phi) is 10.8. The SMILES string of the molecule is Sc1ccc(S)cc1.Sc1cccc(-c2ccccc2)c1.Sc1ccccc1-c1ccccc1. The van der Waals surface area contributed by atoms with Crippen molar-refractivity contribution in [3.05, 3.63) is 133 Å². The van der Waals surface area contributed by atoms with Gasteiger partial charge in [-0.05, 0) is 64.7 Å². The van der Waals surface area contributed by atoms with Gasteiger partial charge in [0.2, 0.25) is 0 Å². The van der Waals surface area contributed by atoms with E-state index in [4.69, 9.17) is 0 Å². The quantitative estimate of drug-likeness (QED) is 0.166. The summed E-state index contributed by atoms with van der Waals surface area (Å²) in [6, 6.07) is 44.5. The summed E-state index contributed by atoms with van der Waals surface area (Å²) in [4.78, 5) is 3.97. The van der Waals surface area contributed by atoms with Gasteiger partial charge >= 0.3 is 0 Å². The van der Waals surface area contributed by atoms with Crippen LogP contribution in [-0.2, 0) is 0 Å². The van der Waals surface area contributed by atoms with Crippen molar-refractivity contribution in [3.8, 4) is 22.3 Å². The largest absolute Gasteiger partial charge is 0.143 e. The molecule has 0 atom stereocenters. The lowest BCUT2D eigenvalue weighted by molar-refractivity contribution is 1.37. The van der Waals surface area contributed by atoms with E-state index in [0.29, 0.717) is 0 Å². The summed E-state index contributed by atoms with van der Waals surface area (Å²) in [5, 5.41) is 0. The van der Waals surface area contributed by atoms with E-state index in [9.17, 15) is 0 Å². The molecule has 34 heavy (non-hydrogen) atoms. The first-order valence-corrected chi connectivity index (χ1v) is 12.5. The van der Waals surface area contributed by atoms with Crippen molar-refractivity contribution in [1.29, 1.82) is 0 Å². The van der Waals surface area contributed by atoms with Crippen LogP contribution in [0.4, 0.5) is 0 Å². The minimum atomic E-state index is 0.975. The van der Waals surface area contributed by atoms with Crippen LogP contribution in [0.5, 0.6) is 0 Å². The van der Waals surface area contributed by atoms with Gasteiger partial charge in [-0.1, -0.05) is 91.0 Å². The molecule has 0 aliphatic carbocycles. The third-order valence-electron chi connectivity index (χ3n) is 4.79. The third kappa shape index (κ3) is 8.69. The monoisotopic (exact) mass is 514 g/mol. The first-order valence-electron chi connectivity index (χ1n) is 10.7. The van der Waals surface area contributed by atoms with Crippen LogP contribution in [0.15, 0.2) is 153 Å². The predicted octanol–water partition coefficient (Wildman–Crippen LogP) is 9.55. The maximum atomic E-state index is 4.41. The fourth-order valence-corrected chi connectivity index (χ4v) is 3.92. The zero-order valence-electron chi connectivity index (χ0n) is 18.5. The molecule has 4 heteroatoms. The predicted molar refractivity (Wildman–Crippen MR) is 159 cm³/mol. The van der Waals surface area contributed by atoms with E-state index in [2.05, 4.69) is 93.0 Å². The maximum Gasteiger partial charge on any atom is 0.0119 e. The van der Waals surface area contributed by atoms with Gasteiger partial charge in [-0.2, -0.15) is 0 Å². The first kappa shape index (κ1) is 26.1. The van der Waals surface area contributed by atoms with Crippen LogP contribution in [0, 0.1) is 0 Å². The van der Waals surface area contributed by atoms with Gasteiger partial charge in [0.1, 0.15) is 0 Å². The van der Waals surface area contributed by atoms with Crippen LogP contribution in [0.3, 0.4) is 0 Å². The summed E-state index contributed by atoms with van der Waals surface area (Å²) >= 11 is 16.9. The van der Waals surface area contributed by atoms with Gasteiger partial charge in [-0.25, -0.2) is 0 Å². The molecule has 0 fully saturated rings. The summed E-state index contributed by atoms with van der Waals surface area (Å²) in [5.41, 5.74) is 4.85. The number of hydrogen-bond acceptors (Lipinski definition) is 4. The van der Waals surface area contributed by atoms with Crippen LogP contribution >= 0.6 is 50.5 Å². The number of benzene rings is 5. The highest BCUT2D eigenvalue weighted by atomic mass is 32.1. The average Bonchev–Trinajstić information content (AvgIpc) is 2.88. The van der Waals surface area contributed by atoms with Crippen molar-refractivity contribution in [2.75, 3.05) is 0 Å². The molecular weight excluding hydrogens is 489 g/mol. The zero-order valence-corrected chi connectivity index (χ0v) is 22.1. The molecule has 0 heterocycles. The second-order valence-corrected chi connectivity index (χ2v) is 9.35.